The van der Waals surface area contributed by atoms with Gasteiger partial charge in [0.25, 0.3) is 11.5 Å². The summed E-state index contributed by atoms with van der Waals surface area (Å²) in [6.45, 7) is 0.251. The Labute approximate surface area is 187 Å². The summed E-state index contributed by atoms with van der Waals surface area (Å²) < 4.78 is 0. The third kappa shape index (κ3) is 4.96. The fourth-order valence-corrected chi connectivity index (χ4v) is 3.08. The minimum absolute atomic E-state index is 0.0642. The van der Waals surface area contributed by atoms with Crippen LogP contribution in [0.2, 0.25) is 10.0 Å². The van der Waals surface area contributed by atoms with E-state index in [2.05, 4.69) is 25.5 Å². The number of hydrogen-bond donors (Lipinski definition) is 2. The van der Waals surface area contributed by atoms with Crippen LogP contribution in [0.3, 0.4) is 0 Å². The van der Waals surface area contributed by atoms with Gasteiger partial charge in [-0.3, -0.25) is 9.59 Å². The second-order valence-corrected chi connectivity index (χ2v) is 7.45. The standard InChI is InChI=1S/C22H15Cl2N5O2/c23-15-5-1-13(2-6-15)12-26-21(30)17-11-19(28-29-22(17)31)18-9-10-25-20(27-18)14-3-7-16(24)8-4-14/h1-11H,12H2,(H,26,30)(H,29,31). The molecule has 1 amide bonds. The molecule has 31 heavy (non-hydrogen) atoms. The number of nitrogens with zero attached hydrogens (tertiary/aromatic N) is 3. The number of benzene rings is 2. The second-order valence-electron chi connectivity index (χ2n) is 6.58. The third-order valence-electron chi connectivity index (χ3n) is 4.43. The minimum atomic E-state index is -0.593. The van der Waals surface area contributed by atoms with E-state index in [0.29, 0.717) is 27.3 Å². The highest BCUT2D eigenvalue weighted by Gasteiger charge is 2.14. The average molecular weight is 452 g/mol. The van der Waals surface area contributed by atoms with Gasteiger partial charge in [0.15, 0.2) is 5.82 Å². The molecule has 4 aromatic rings. The van der Waals surface area contributed by atoms with Crippen molar-refractivity contribution in [1.82, 2.24) is 25.5 Å². The lowest BCUT2D eigenvalue weighted by Crippen LogP contribution is -2.29. The minimum Gasteiger partial charge on any atom is -0.348 e. The van der Waals surface area contributed by atoms with Crippen LogP contribution in [0.1, 0.15) is 15.9 Å². The maximum absolute atomic E-state index is 12.6. The predicted molar refractivity (Wildman–Crippen MR) is 119 cm³/mol. The Bertz CT molecular complexity index is 1290. The number of hydrogen-bond acceptors (Lipinski definition) is 5. The number of nitrogens with one attached hydrogen (secondary N) is 2. The molecule has 0 aliphatic heterocycles. The van der Waals surface area contributed by atoms with Crippen LogP contribution in [0.25, 0.3) is 22.8 Å². The molecule has 0 bridgehead atoms. The molecule has 2 N–H and O–H groups in total. The lowest BCUT2D eigenvalue weighted by atomic mass is 10.1. The van der Waals surface area contributed by atoms with Crippen LogP contribution in [-0.2, 0) is 6.54 Å². The molecule has 0 saturated heterocycles. The lowest BCUT2D eigenvalue weighted by molar-refractivity contribution is 0.0949. The summed E-state index contributed by atoms with van der Waals surface area (Å²) in [4.78, 5) is 33.5. The SMILES string of the molecule is O=C(NCc1ccc(Cl)cc1)c1cc(-c2ccnc(-c3ccc(Cl)cc3)n2)n[nH]c1=O. The van der Waals surface area contributed by atoms with Crippen molar-refractivity contribution in [2.45, 2.75) is 6.54 Å². The fourth-order valence-electron chi connectivity index (χ4n) is 2.82. The third-order valence-corrected chi connectivity index (χ3v) is 4.94. The molecule has 154 valence electrons. The normalized spacial score (nSPS) is 10.6. The van der Waals surface area contributed by atoms with Crippen molar-refractivity contribution < 1.29 is 4.79 Å². The Morgan fingerprint density at radius 1 is 0.935 bits per heavy atom. The Balaban J connectivity index is 1.58. The summed E-state index contributed by atoms with van der Waals surface area (Å²) >= 11 is 11.8. The summed E-state index contributed by atoms with van der Waals surface area (Å²) in [6, 6.07) is 17.2. The van der Waals surface area contributed by atoms with E-state index >= 15 is 0 Å². The highest BCUT2D eigenvalue weighted by Crippen LogP contribution is 2.21. The molecule has 0 saturated carbocycles. The molecule has 7 nitrogen and oxygen atoms in total. The van der Waals surface area contributed by atoms with E-state index in [4.69, 9.17) is 23.2 Å². The number of rotatable bonds is 5. The summed E-state index contributed by atoms with van der Waals surface area (Å²) in [5.74, 6) is -0.0530. The van der Waals surface area contributed by atoms with Crippen LogP contribution in [0.15, 0.2) is 71.7 Å². The summed E-state index contributed by atoms with van der Waals surface area (Å²) in [6.07, 6.45) is 1.58. The first kappa shape index (κ1) is 20.7. The fraction of sp³-hybridized carbons (Fsp3) is 0.0455. The van der Waals surface area contributed by atoms with Crippen molar-refractivity contribution in [2.75, 3.05) is 0 Å². The molecule has 0 atom stereocenters. The van der Waals surface area contributed by atoms with Gasteiger partial charge in [0.1, 0.15) is 11.3 Å². The Morgan fingerprint density at radius 3 is 2.32 bits per heavy atom. The van der Waals surface area contributed by atoms with E-state index < -0.39 is 11.5 Å². The summed E-state index contributed by atoms with van der Waals surface area (Å²) in [5, 5.41) is 10.3. The molecule has 0 aliphatic rings. The number of carbonyl (C=O) groups excluding carboxylic acids is 1. The number of halogens is 2. The maximum Gasteiger partial charge on any atom is 0.277 e. The first-order chi connectivity index (χ1) is 15.0. The maximum atomic E-state index is 12.6. The number of carbonyl (C=O) groups is 1. The van der Waals surface area contributed by atoms with Gasteiger partial charge in [-0.1, -0.05) is 35.3 Å². The number of aromatic nitrogens is 4. The van der Waals surface area contributed by atoms with Crippen LogP contribution < -0.4 is 10.9 Å². The number of H-pyrrole nitrogens is 1. The summed E-state index contributed by atoms with van der Waals surface area (Å²) in [5.41, 5.74) is 1.77. The van der Waals surface area contributed by atoms with Crippen molar-refractivity contribution in [2.24, 2.45) is 0 Å². The van der Waals surface area contributed by atoms with Gasteiger partial charge in [-0.15, -0.1) is 0 Å². The van der Waals surface area contributed by atoms with Gasteiger partial charge in [0, 0.05) is 28.4 Å². The quantitative estimate of drug-likeness (QED) is 0.474. The largest absolute Gasteiger partial charge is 0.348 e. The molecule has 9 heteroatoms. The molecule has 0 spiro atoms. The molecule has 0 unspecified atom stereocenters. The van der Waals surface area contributed by atoms with Gasteiger partial charge in [-0.25, -0.2) is 15.1 Å². The van der Waals surface area contributed by atoms with Crippen molar-refractivity contribution >= 4 is 29.1 Å². The second kappa shape index (κ2) is 9.07. The van der Waals surface area contributed by atoms with Gasteiger partial charge < -0.3 is 5.32 Å². The molecule has 4 rings (SSSR count). The smallest absolute Gasteiger partial charge is 0.277 e. The van der Waals surface area contributed by atoms with Crippen LogP contribution in [-0.4, -0.2) is 26.1 Å². The zero-order valence-electron chi connectivity index (χ0n) is 16.0. The summed E-state index contributed by atoms with van der Waals surface area (Å²) in [7, 11) is 0. The van der Waals surface area contributed by atoms with E-state index in [1.807, 2.05) is 0 Å². The highest BCUT2D eigenvalue weighted by atomic mass is 35.5. The molecular weight excluding hydrogens is 437 g/mol. The number of aromatic amines is 1. The van der Waals surface area contributed by atoms with Gasteiger partial charge in [0.05, 0.1) is 5.69 Å². The molecule has 2 heterocycles. The monoisotopic (exact) mass is 451 g/mol. The number of amides is 1. The molecule has 2 aromatic heterocycles. The van der Waals surface area contributed by atoms with E-state index in [-0.39, 0.29) is 12.1 Å². The van der Waals surface area contributed by atoms with E-state index in [1.165, 1.54) is 6.07 Å². The van der Waals surface area contributed by atoms with Gasteiger partial charge in [-0.05, 0) is 54.1 Å². The van der Waals surface area contributed by atoms with E-state index in [0.717, 1.165) is 11.1 Å². The molecule has 0 aliphatic carbocycles. The predicted octanol–water partition coefficient (Wildman–Crippen LogP) is 4.13. The highest BCUT2D eigenvalue weighted by molar-refractivity contribution is 6.30. The van der Waals surface area contributed by atoms with Gasteiger partial charge in [-0.2, -0.15) is 5.10 Å². The zero-order chi connectivity index (χ0) is 21.8. The first-order valence-electron chi connectivity index (χ1n) is 9.21. The van der Waals surface area contributed by atoms with Crippen molar-refractivity contribution in [3.8, 4) is 22.8 Å². The van der Waals surface area contributed by atoms with Crippen LogP contribution in [0.4, 0.5) is 0 Å². The van der Waals surface area contributed by atoms with Gasteiger partial charge >= 0.3 is 0 Å². The molecule has 2 aromatic carbocycles. The van der Waals surface area contributed by atoms with Crippen LogP contribution >= 0.6 is 23.2 Å². The zero-order valence-corrected chi connectivity index (χ0v) is 17.5. The topological polar surface area (TPSA) is 101 Å². The lowest BCUT2D eigenvalue weighted by Gasteiger charge is -2.07. The average Bonchev–Trinajstić information content (AvgIpc) is 2.79. The van der Waals surface area contributed by atoms with Crippen molar-refractivity contribution in [3.63, 3.8) is 0 Å². The van der Waals surface area contributed by atoms with Crippen LogP contribution in [0, 0.1) is 0 Å². The Kier molecular flexibility index (Phi) is 6.06. The van der Waals surface area contributed by atoms with E-state index in [1.54, 1.807) is 60.8 Å². The molecule has 0 radical (unpaired) electrons. The molecular formula is C22H15Cl2N5O2. The van der Waals surface area contributed by atoms with E-state index in [9.17, 15) is 9.59 Å². The first-order valence-corrected chi connectivity index (χ1v) is 9.97. The Hall–Kier alpha value is -3.55. The van der Waals surface area contributed by atoms with Crippen LogP contribution in [0.5, 0.6) is 0 Å². The van der Waals surface area contributed by atoms with Gasteiger partial charge in [0.2, 0.25) is 0 Å². The van der Waals surface area contributed by atoms with Crippen molar-refractivity contribution in [3.05, 3.63) is 98.4 Å². The van der Waals surface area contributed by atoms with Crippen molar-refractivity contribution in [1.29, 1.82) is 0 Å². The molecule has 0 fully saturated rings. The Morgan fingerprint density at radius 2 is 1.61 bits per heavy atom.